The zero-order chi connectivity index (χ0) is 12.7. The van der Waals surface area contributed by atoms with Gasteiger partial charge in [-0.3, -0.25) is 4.98 Å². The number of rotatable bonds is 1. The molecule has 1 N–H and O–H groups in total. The fourth-order valence-electron chi connectivity index (χ4n) is 2.90. The first kappa shape index (κ1) is 11.5. The van der Waals surface area contributed by atoms with Gasteiger partial charge in [0.15, 0.2) is 0 Å². The first-order chi connectivity index (χ1) is 8.72. The third kappa shape index (κ3) is 1.57. The molecule has 2 aromatic rings. The van der Waals surface area contributed by atoms with Crippen LogP contribution >= 0.6 is 0 Å². The molecular weight excluding hydrogens is 227 g/mol. The predicted octanol–water partition coefficient (Wildman–Crippen LogP) is 3.60. The third-order valence-electron chi connectivity index (χ3n) is 3.82. The lowest BCUT2D eigenvalue weighted by molar-refractivity contribution is 0.637. The molecule has 0 amide bonds. The number of nitrogens with zero attached hydrogens (tertiary/aromatic N) is 1. The van der Waals surface area contributed by atoms with Gasteiger partial charge in [-0.1, -0.05) is 6.07 Å². The van der Waals surface area contributed by atoms with Crippen molar-refractivity contribution in [1.82, 2.24) is 4.98 Å². The highest BCUT2D eigenvalue weighted by Crippen LogP contribution is 2.35. The van der Waals surface area contributed by atoms with Crippen molar-refractivity contribution < 1.29 is 4.39 Å². The highest BCUT2D eigenvalue weighted by molar-refractivity contribution is 5.95. The van der Waals surface area contributed by atoms with Crippen molar-refractivity contribution in [1.29, 1.82) is 0 Å². The van der Waals surface area contributed by atoms with Gasteiger partial charge < -0.3 is 5.32 Å². The van der Waals surface area contributed by atoms with Gasteiger partial charge in [-0.25, -0.2) is 4.39 Å². The second-order valence-electron chi connectivity index (χ2n) is 4.96. The number of hydrogen-bond donors (Lipinski definition) is 1. The molecule has 0 fully saturated rings. The molecule has 0 saturated heterocycles. The first-order valence-corrected chi connectivity index (χ1v) is 6.50. The molecule has 94 valence electrons. The largest absolute Gasteiger partial charge is 0.387 e. The van der Waals surface area contributed by atoms with Gasteiger partial charge in [0.2, 0.25) is 0 Å². The lowest BCUT2D eigenvalue weighted by Gasteiger charge is -2.21. The minimum atomic E-state index is -0.180. The van der Waals surface area contributed by atoms with Gasteiger partial charge in [0.05, 0.1) is 16.6 Å². The van der Waals surface area contributed by atoms with E-state index in [1.165, 1.54) is 24.5 Å². The van der Waals surface area contributed by atoms with Gasteiger partial charge in [0, 0.05) is 12.7 Å². The SMILES string of the molecule is CNc1c2c(nc3c(C)ccc(F)c13)CCCC2. The Morgan fingerprint density at radius 2 is 2.00 bits per heavy atom. The molecule has 0 spiro atoms. The summed E-state index contributed by atoms with van der Waals surface area (Å²) in [7, 11) is 1.87. The number of halogens is 1. The van der Waals surface area contributed by atoms with E-state index in [0.29, 0.717) is 5.39 Å². The number of nitrogens with one attached hydrogen (secondary N) is 1. The summed E-state index contributed by atoms with van der Waals surface area (Å²) in [5.41, 5.74) is 5.14. The van der Waals surface area contributed by atoms with E-state index in [0.717, 1.165) is 35.3 Å². The van der Waals surface area contributed by atoms with Crippen molar-refractivity contribution in [2.45, 2.75) is 32.6 Å². The van der Waals surface area contributed by atoms with Crippen LogP contribution in [0.25, 0.3) is 10.9 Å². The van der Waals surface area contributed by atoms with Crippen LogP contribution in [0.5, 0.6) is 0 Å². The molecule has 2 nitrogen and oxygen atoms in total. The van der Waals surface area contributed by atoms with Gasteiger partial charge in [0.1, 0.15) is 5.82 Å². The molecule has 1 aromatic heterocycles. The minimum absolute atomic E-state index is 0.180. The van der Waals surface area contributed by atoms with E-state index >= 15 is 0 Å². The van der Waals surface area contributed by atoms with Gasteiger partial charge >= 0.3 is 0 Å². The van der Waals surface area contributed by atoms with E-state index in [4.69, 9.17) is 4.98 Å². The molecule has 1 aliphatic rings. The van der Waals surface area contributed by atoms with Gasteiger partial charge in [-0.2, -0.15) is 0 Å². The molecule has 18 heavy (non-hydrogen) atoms. The van der Waals surface area contributed by atoms with Crippen molar-refractivity contribution in [2.24, 2.45) is 0 Å². The maximum atomic E-state index is 14.1. The molecular formula is C15H17FN2. The van der Waals surface area contributed by atoms with Crippen molar-refractivity contribution in [2.75, 3.05) is 12.4 Å². The highest BCUT2D eigenvalue weighted by atomic mass is 19.1. The average Bonchev–Trinajstić information content (AvgIpc) is 2.41. The highest BCUT2D eigenvalue weighted by Gasteiger charge is 2.20. The molecule has 0 unspecified atom stereocenters. The zero-order valence-corrected chi connectivity index (χ0v) is 10.8. The molecule has 0 aliphatic heterocycles. The van der Waals surface area contributed by atoms with Gasteiger partial charge in [0.25, 0.3) is 0 Å². The van der Waals surface area contributed by atoms with Crippen LogP contribution in [-0.2, 0) is 12.8 Å². The number of hydrogen-bond acceptors (Lipinski definition) is 2. The lowest BCUT2D eigenvalue weighted by atomic mass is 9.92. The molecule has 0 saturated carbocycles. The molecule has 0 bridgehead atoms. The number of aromatic nitrogens is 1. The van der Waals surface area contributed by atoms with Crippen molar-refractivity contribution in [3.8, 4) is 0 Å². The molecule has 0 radical (unpaired) electrons. The Balaban J connectivity index is 2.44. The summed E-state index contributed by atoms with van der Waals surface area (Å²) in [6.07, 6.45) is 4.36. The van der Waals surface area contributed by atoms with Crippen molar-refractivity contribution in [3.05, 3.63) is 34.8 Å². The number of fused-ring (bicyclic) bond motifs is 2. The molecule has 1 aliphatic carbocycles. The fourth-order valence-corrected chi connectivity index (χ4v) is 2.90. The number of benzene rings is 1. The van der Waals surface area contributed by atoms with Crippen LogP contribution < -0.4 is 5.32 Å². The molecule has 3 rings (SSSR count). The molecule has 1 heterocycles. The molecule has 1 aromatic carbocycles. The van der Waals surface area contributed by atoms with Crippen LogP contribution in [0.1, 0.15) is 29.7 Å². The van der Waals surface area contributed by atoms with Gasteiger partial charge in [-0.15, -0.1) is 0 Å². The van der Waals surface area contributed by atoms with Crippen LogP contribution in [0.15, 0.2) is 12.1 Å². The van der Waals surface area contributed by atoms with Crippen LogP contribution in [0.4, 0.5) is 10.1 Å². The summed E-state index contributed by atoms with van der Waals surface area (Å²) in [5.74, 6) is -0.180. The number of pyridine rings is 1. The number of aryl methyl sites for hydroxylation is 2. The second kappa shape index (κ2) is 4.23. The summed E-state index contributed by atoms with van der Waals surface area (Å²) in [6, 6.07) is 3.34. The Morgan fingerprint density at radius 3 is 2.78 bits per heavy atom. The average molecular weight is 244 g/mol. The van der Waals surface area contributed by atoms with Crippen LogP contribution in [-0.4, -0.2) is 12.0 Å². The van der Waals surface area contributed by atoms with E-state index in [-0.39, 0.29) is 5.82 Å². The Bertz CT molecular complexity index is 620. The van der Waals surface area contributed by atoms with Crippen LogP contribution in [0, 0.1) is 12.7 Å². The third-order valence-corrected chi connectivity index (χ3v) is 3.82. The lowest BCUT2D eigenvalue weighted by Crippen LogP contribution is -2.10. The normalized spacial score (nSPS) is 14.6. The van der Waals surface area contributed by atoms with Crippen LogP contribution in [0.2, 0.25) is 0 Å². The maximum absolute atomic E-state index is 14.1. The minimum Gasteiger partial charge on any atom is -0.387 e. The van der Waals surface area contributed by atoms with Gasteiger partial charge in [-0.05, 0) is 49.8 Å². The fraction of sp³-hybridized carbons (Fsp3) is 0.400. The Labute approximate surface area is 106 Å². The predicted molar refractivity (Wildman–Crippen MR) is 72.6 cm³/mol. The summed E-state index contributed by atoms with van der Waals surface area (Å²) < 4.78 is 14.1. The Kier molecular flexibility index (Phi) is 2.69. The maximum Gasteiger partial charge on any atom is 0.134 e. The molecule has 3 heteroatoms. The van der Waals surface area contributed by atoms with E-state index in [1.807, 2.05) is 14.0 Å². The first-order valence-electron chi connectivity index (χ1n) is 6.50. The number of anilines is 1. The smallest absolute Gasteiger partial charge is 0.134 e. The molecule has 0 atom stereocenters. The zero-order valence-electron chi connectivity index (χ0n) is 10.8. The monoisotopic (exact) mass is 244 g/mol. The van der Waals surface area contributed by atoms with Crippen molar-refractivity contribution >= 4 is 16.6 Å². The summed E-state index contributed by atoms with van der Waals surface area (Å²) in [6.45, 7) is 1.99. The van der Waals surface area contributed by atoms with E-state index in [9.17, 15) is 4.39 Å². The second-order valence-corrected chi connectivity index (χ2v) is 4.96. The summed E-state index contributed by atoms with van der Waals surface area (Å²) in [5, 5.41) is 3.84. The summed E-state index contributed by atoms with van der Waals surface area (Å²) >= 11 is 0. The van der Waals surface area contributed by atoms with Crippen LogP contribution in [0.3, 0.4) is 0 Å². The van der Waals surface area contributed by atoms with Crippen molar-refractivity contribution in [3.63, 3.8) is 0 Å². The standard InChI is InChI=1S/C15H17FN2/c1-9-7-8-11(16)13-14(9)18-12-6-4-3-5-10(12)15(13)17-2/h7-8H,3-6H2,1-2H3,(H,17,18). The Hall–Kier alpha value is -1.64. The quantitative estimate of drug-likeness (QED) is 0.829. The van der Waals surface area contributed by atoms with E-state index in [1.54, 1.807) is 6.07 Å². The van der Waals surface area contributed by atoms with E-state index < -0.39 is 0 Å². The topological polar surface area (TPSA) is 24.9 Å². The van der Waals surface area contributed by atoms with E-state index in [2.05, 4.69) is 5.32 Å². The Morgan fingerprint density at radius 1 is 1.22 bits per heavy atom. The summed E-state index contributed by atoms with van der Waals surface area (Å²) in [4.78, 5) is 4.70.